The molecule has 3 aliphatic heterocycles. The Morgan fingerprint density at radius 2 is 1.84 bits per heavy atom. The van der Waals surface area contributed by atoms with Gasteiger partial charge in [0.2, 0.25) is 0 Å². The van der Waals surface area contributed by atoms with E-state index < -0.39 is 11.7 Å². The van der Waals surface area contributed by atoms with Crippen LogP contribution in [0.1, 0.15) is 112 Å². The Balaban J connectivity index is 1.30. The maximum Gasteiger partial charge on any atom is 0.302 e. The first-order chi connectivity index (χ1) is 17.4. The van der Waals surface area contributed by atoms with Gasteiger partial charge in [-0.2, -0.15) is 0 Å². The lowest BCUT2D eigenvalue weighted by Gasteiger charge is -2.76. The zero-order valence-corrected chi connectivity index (χ0v) is 24.1. The fourth-order valence-electron chi connectivity index (χ4n) is 13.2. The predicted octanol–water partition coefficient (Wildman–Crippen LogP) is 5.83. The van der Waals surface area contributed by atoms with Crippen LogP contribution in [0.25, 0.3) is 0 Å². The molecule has 0 aromatic rings. The maximum atomic E-state index is 12.1. The Kier molecular flexibility index (Phi) is 5.31. The number of fused-ring (bicyclic) bond motifs is 2. The summed E-state index contributed by atoms with van der Waals surface area (Å²) in [7, 11) is 0. The van der Waals surface area contributed by atoms with Crippen LogP contribution in [0.15, 0.2) is 0 Å². The average molecular weight is 514 g/mol. The lowest BCUT2D eigenvalue weighted by Crippen LogP contribution is -2.80. The van der Waals surface area contributed by atoms with E-state index in [1.807, 2.05) is 0 Å². The van der Waals surface area contributed by atoms with Crippen molar-refractivity contribution in [3.8, 4) is 0 Å². The third-order valence-electron chi connectivity index (χ3n) is 14.6. The van der Waals surface area contributed by atoms with Gasteiger partial charge in [0.15, 0.2) is 6.29 Å². The number of hydrogen-bond acceptors (Lipinski definition) is 5. The molecule has 1 spiro atoms. The summed E-state index contributed by atoms with van der Waals surface area (Å²) in [5.74, 6) is 3.05. The molecular weight excluding hydrogens is 462 g/mol. The average Bonchev–Trinajstić information content (AvgIpc) is 3.44. The molecule has 3 saturated heterocycles. The molecule has 0 aromatic heterocycles. The number of ether oxygens (including phenoxy) is 2. The Bertz CT molecular complexity index is 984. The van der Waals surface area contributed by atoms with Gasteiger partial charge in [-0.3, -0.25) is 4.79 Å². The summed E-state index contributed by atoms with van der Waals surface area (Å²) < 4.78 is 12.3. The summed E-state index contributed by atoms with van der Waals surface area (Å²) in [5, 5.41) is 15.7. The molecule has 0 aromatic carbocycles. The molecule has 8 aliphatic rings. The highest BCUT2D eigenvalue weighted by Crippen LogP contribution is 2.81. The number of nitrogens with one attached hydrogen (secondary N) is 1. The highest BCUT2D eigenvalue weighted by Gasteiger charge is 2.80. The van der Waals surface area contributed by atoms with Crippen LogP contribution in [0.4, 0.5) is 0 Å². The zero-order valence-electron chi connectivity index (χ0n) is 24.1. The van der Waals surface area contributed by atoms with Gasteiger partial charge >= 0.3 is 5.97 Å². The molecule has 8 bridgehead atoms. The molecule has 0 amide bonds. The lowest BCUT2D eigenvalue weighted by atomic mass is 9.33. The highest BCUT2D eigenvalue weighted by molar-refractivity contribution is 5.66. The van der Waals surface area contributed by atoms with Crippen molar-refractivity contribution in [1.82, 2.24) is 5.32 Å². The first-order valence-corrected chi connectivity index (χ1v) is 15.7. The van der Waals surface area contributed by atoms with E-state index >= 15 is 0 Å². The van der Waals surface area contributed by atoms with Crippen LogP contribution < -0.4 is 5.32 Å². The third kappa shape index (κ3) is 2.81. The van der Waals surface area contributed by atoms with Crippen LogP contribution in [0.3, 0.4) is 0 Å². The largest absolute Gasteiger partial charge is 0.462 e. The molecule has 5 saturated carbocycles. The van der Waals surface area contributed by atoms with E-state index in [0.29, 0.717) is 28.2 Å². The summed E-state index contributed by atoms with van der Waals surface area (Å²) in [6.45, 7) is 13.5. The van der Waals surface area contributed by atoms with E-state index in [1.54, 1.807) is 0 Å². The molecular formula is C32H51NO4. The van der Waals surface area contributed by atoms with Gasteiger partial charge in [-0.1, -0.05) is 34.1 Å². The second kappa shape index (κ2) is 7.75. The number of piperidine rings is 2. The van der Waals surface area contributed by atoms with E-state index in [-0.39, 0.29) is 23.6 Å². The third-order valence-corrected chi connectivity index (χ3v) is 14.6. The minimum absolute atomic E-state index is 0.193. The van der Waals surface area contributed by atoms with Gasteiger partial charge < -0.3 is 19.9 Å². The zero-order chi connectivity index (χ0) is 26.2. The number of rotatable bonds is 5. The molecule has 37 heavy (non-hydrogen) atoms. The first-order valence-electron chi connectivity index (χ1n) is 15.7. The van der Waals surface area contributed by atoms with Crippen molar-refractivity contribution in [1.29, 1.82) is 0 Å². The van der Waals surface area contributed by atoms with Crippen molar-refractivity contribution >= 4 is 5.97 Å². The fourth-order valence-corrected chi connectivity index (χ4v) is 13.2. The van der Waals surface area contributed by atoms with Crippen LogP contribution in [-0.2, 0) is 14.3 Å². The minimum Gasteiger partial charge on any atom is -0.462 e. The van der Waals surface area contributed by atoms with Gasteiger partial charge in [0.05, 0.1) is 11.0 Å². The molecule has 5 aliphatic carbocycles. The topological polar surface area (TPSA) is 67.8 Å². The number of aliphatic hydroxyl groups is 1. The minimum atomic E-state index is -0.875. The monoisotopic (exact) mass is 513 g/mol. The molecule has 2 N–H and O–H groups in total. The van der Waals surface area contributed by atoms with Crippen LogP contribution in [0, 0.1) is 51.2 Å². The molecule has 8 rings (SSSR count). The molecule has 13 atom stereocenters. The Morgan fingerprint density at radius 1 is 1.05 bits per heavy atom. The molecule has 5 heteroatoms. The lowest BCUT2D eigenvalue weighted by molar-refractivity contribution is -0.249. The summed E-state index contributed by atoms with van der Waals surface area (Å²) in [4.78, 5) is 12.1. The standard InChI is InChI=1S/C32H51NO4/c1-18(2)20-9-14-28(4)21-10-16-31-13-7-8-23(31)32(28,25(20)33-26(21)31)17-11-22-29(5)15-12-24(36-19(3)34)30(22,6)27(35)37-29/h18,20-27,33,35H,7-17H2,1-6H3/t20-,21+,22?,23+,24-,25?,26?,27+,28+,29+,30-,31?,32+/m1/s1. The Morgan fingerprint density at radius 3 is 2.57 bits per heavy atom. The molecule has 5 nitrogen and oxygen atoms in total. The molecule has 0 radical (unpaired) electrons. The van der Waals surface area contributed by atoms with Gasteiger partial charge in [-0.15, -0.1) is 0 Å². The smallest absolute Gasteiger partial charge is 0.302 e. The van der Waals surface area contributed by atoms with Gasteiger partial charge in [0.25, 0.3) is 0 Å². The maximum absolute atomic E-state index is 12.1. The number of carbonyl (C=O) groups is 1. The summed E-state index contributed by atoms with van der Waals surface area (Å²) in [6.07, 6.45) is 12.6. The normalized spacial score (nSPS) is 59.1. The Hall–Kier alpha value is -0.650. The van der Waals surface area contributed by atoms with Crippen LogP contribution in [0.2, 0.25) is 0 Å². The molecule has 8 fully saturated rings. The van der Waals surface area contributed by atoms with E-state index in [1.165, 1.54) is 58.3 Å². The van der Waals surface area contributed by atoms with E-state index in [2.05, 4.69) is 39.9 Å². The second-order valence-corrected chi connectivity index (χ2v) is 15.7. The van der Waals surface area contributed by atoms with Crippen molar-refractivity contribution < 1.29 is 19.4 Å². The van der Waals surface area contributed by atoms with Gasteiger partial charge in [0.1, 0.15) is 6.10 Å². The predicted molar refractivity (Wildman–Crippen MR) is 142 cm³/mol. The summed E-state index contributed by atoms with van der Waals surface area (Å²) >= 11 is 0. The van der Waals surface area contributed by atoms with Crippen molar-refractivity contribution in [2.24, 2.45) is 51.2 Å². The highest BCUT2D eigenvalue weighted by atomic mass is 16.6. The van der Waals surface area contributed by atoms with E-state index in [4.69, 9.17) is 9.47 Å². The molecule has 3 heterocycles. The second-order valence-electron chi connectivity index (χ2n) is 15.7. The summed E-state index contributed by atoms with van der Waals surface area (Å²) in [5.41, 5.74) is 0.348. The number of aliphatic hydroxyl groups excluding tert-OH is 1. The SMILES string of the molecule is CC(=O)O[C@@H]1CC[C@]2(C)O[C@H](O)[C@]1(C)C2CC[C@@]12C3NC4[C@H](CCC45CCC[C@@H]51)[C@]2(C)CC[C@@H]3C(C)C. The number of hydrogen-bond donors (Lipinski definition) is 2. The van der Waals surface area contributed by atoms with Crippen molar-refractivity contribution in [3.05, 3.63) is 0 Å². The molecule has 208 valence electrons. The fraction of sp³-hybridized carbons (Fsp3) is 0.969. The van der Waals surface area contributed by atoms with E-state index in [9.17, 15) is 9.90 Å². The van der Waals surface area contributed by atoms with Crippen LogP contribution in [-0.4, -0.2) is 41.2 Å². The van der Waals surface area contributed by atoms with Crippen molar-refractivity contribution in [2.75, 3.05) is 0 Å². The van der Waals surface area contributed by atoms with Gasteiger partial charge in [-0.05, 0) is 111 Å². The van der Waals surface area contributed by atoms with Gasteiger partial charge in [-0.25, -0.2) is 0 Å². The van der Waals surface area contributed by atoms with E-state index in [0.717, 1.165) is 43.1 Å². The van der Waals surface area contributed by atoms with Crippen molar-refractivity contribution in [3.63, 3.8) is 0 Å². The quantitative estimate of drug-likeness (QED) is 0.453. The Labute approximate surface area is 224 Å². The van der Waals surface area contributed by atoms with Crippen molar-refractivity contribution in [2.45, 2.75) is 142 Å². The van der Waals surface area contributed by atoms with Crippen LogP contribution in [0.5, 0.6) is 0 Å². The van der Waals surface area contributed by atoms with Crippen LogP contribution >= 0.6 is 0 Å². The number of esters is 1. The number of carbonyl (C=O) groups excluding carboxylic acids is 1. The van der Waals surface area contributed by atoms with Gasteiger partial charge in [0, 0.05) is 24.9 Å². The first kappa shape index (κ1) is 25.3. The summed E-state index contributed by atoms with van der Waals surface area (Å²) in [6, 6.07) is 1.34. The molecule has 4 unspecified atom stereocenters.